The summed E-state index contributed by atoms with van der Waals surface area (Å²) in [6.07, 6.45) is 2.59. The van der Waals surface area contributed by atoms with E-state index in [4.69, 9.17) is 5.73 Å². The second-order valence-corrected chi connectivity index (χ2v) is 6.33. The number of nitrogens with two attached hydrogens (primary N) is 1. The van der Waals surface area contributed by atoms with Crippen molar-refractivity contribution in [3.8, 4) is 0 Å². The zero-order valence-corrected chi connectivity index (χ0v) is 12.8. The lowest BCUT2D eigenvalue weighted by Gasteiger charge is -2.42. The molecule has 1 fully saturated rings. The van der Waals surface area contributed by atoms with Gasteiger partial charge in [0.05, 0.1) is 0 Å². The van der Waals surface area contributed by atoms with E-state index < -0.39 is 0 Å². The van der Waals surface area contributed by atoms with Gasteiger partial charge in [-0.3, -0.25) is 4.90 Å². The van der Waals surface area contributed by atoms with Gasteiger partial charge < -0.3 is 5.73 Å². The number of rotatable bonds is 3. The molecule has 2 rings (SSSR count). The fraction of sp³-hybridized carbons (Fsp3) is 0.647. The molecule has 1 saturated heterocycles. The first kappa shape index (κ1) is 14.5. The fourth-order valence-corrected chi connectivity index (χ4v) is 3.53. The van der Waals surface area contributed by atoms with E-state index in [1.54, 1.807) is 0 Å². The summed E-state index contributed by atoms with van der Waals surface area (Å²) in [4.78, 5) is 2.61. The molecule has 19 heavy (non-hydrogen) atoms. The highest BCUT2D eigenvalue weighted by atomic mass is 15.2. The van der Waals surface area contributed by atoms with Crippen LogP contribution in [0.4, 0.5) is 0 Å². The van der Waals surface area contributed by atoms with Gasteiger partial charge in [-0.2, -0.15) is 0 Å². The summed E-state index contributed by atoms with van der Waals surface area (Å²) in [6.45, 7) is 11.0. The van der Waals surface area contributed by atoms with Gasteiger partial charge in [-0.15, -0.1) is 0 Å². The third-order valence-corrected chi connectivity index (χ3v) is 4.60. The molecule has 1 aromatic rings. The molecular formula is C17H28N2. The Balaban J connectivity index is 2.24. The lowest BCUT2D eigenvalue weighted by Crippen LogP contribution is -2.45. The summed E-state index contributed by atoms with van der Waals surface area (Å²) in [7, 11) is 0. The van der Waals surface area contributed by atoms with Gasteiger partial charge in [0.15, 0.2) is 0 Å². The maximum Gasteiger partial charge on any atom is 0.0475 e. The van der Waals surface area contributed by atoms with E-state index in [2.05, 4.69) is 50.8 Å². The van der Waals surface area contributed by atoms with Crippen molar-refractivity contribution in [1.82, 2.24) is 4.90 Å². The Morgan fingerprint density at radius 3 is 2.63 bits per heavy atom. The minimum atomic E-state index is 0.378. The Kier molecular flexibility index (Phi) is 4.64. The summed E-state index contributed by atoms with van der Waals surface area (Å²) < 4.78 is 0. The summed E-state index contributed by atoms with van der Waals surface area (Å²) in [5, 5.41) is 0. The maximum atomic E-state index is 6.10. The molecule has 0 aromatic heterocycles. The normalized spacial score (nSPS) is 26.4. The summed E-state index contributed by atoms with van der Waals surface area (Å²) in [5.74, 6) is 0.851. The summed E-state index contributed by atoms with van der Waals surface area (Å²) in [6, 6.07) is 7.77. The van der Waals surface area contributed by atoms with Crippen LogP contribution in [-0.4, -0.2) is 24.0 Å². The van der Waals surface area contributed by atoms with E-state index in [0.717, 1.165) is 5.92 Å². The molecule has 0 bridgehead atoms. The quantitative estimate of drug-likeness (QED) is 0.902. The van der Waals surface area contributed by atoms with Crippen LogP contribution >= 0.6 is 0 Å². The molecule has 0 spiro atoms. The second kappa shape index (κ2) is 6.06. The zero-order chi connectivity index (χ0) is 14.0. The standard InChI is InChI=1S/C17H28N2/c1-12-5-6-16(14(3)9-12)17(11-18)19-8-7-13(2)10-15(19)4/h5-6,9,13,15,17H,7-8,10-11,18H2,1-4H3. The van der Waals surface area contributed by atoms with Gasteiger partial charge in [0.2, 0.25) is 0 Å². The molecule has 2 N–H and O–H groups in total. The molecular weight excluding hydrogens is 232 g/mol. The Morgan fingerprint density at radius 2 is 2.05 bits per heavy atom. The Hall–Kier alpha value is -0.860. The number of benzene rings is 1. The van der Waals surface area contributed by atoms with Gasteiger partial charge in [-0.25, -0.2) is 0 Å². The predicted octanol–water partition coefficient (Wildman–Crippen LogP) is 3.42. The van der Waals surface area contributed by atoms with Gasteiger partial charge in [0, 0.05) is 18.6 Å². The van der Waals surface area contributed by atoms with Crippen LogP contribution < -0.4 is 5.73 Å². The topological polar surface area (TPSA) is 29.3 Å². The number of aryl methyl sites for hydroxylation is 2. The summed E-state index contributed by atoms with van der Waals surface area (Å²) in [5.41, 5.74) is 10.2. The van der Waals surface area contributed by atoms with Crippen molar-refractivity contribution in [3.05, 3.63) is 34.9 Å². The molecule has 0 amide bonds. The Bertz CT molecular complexity index is 427. The first-order valence-corrected chi connectivity index (χ1v) is 7.56. The number of nitrogens with zero attached hydrogens (tertiary/aromatic N) is 1. The van der Waals surface area contributed by atoms with Crippen molar-refractivity contribution >= 4 is 0 Å². The Morgan fingerprint density at radius 1 is 1.32 bits per heavy atom. The predicted molar refractivity (Wildman–Crippen MR) is 82.3 cm³/mol. The smallest absolute Gasteiger partial charge is 0.0475 e. The number of hydrogen-bond donors (Lipinski definition) is 1. The molecule has 0 aliphatic carbocycles. The van der Waals surface area contributed by atoms with E-state index in [9.17, 15) is 0 Å². The lowest BCUT2D eigenvalue weighted by molar-refractivity contribution is 0.0844. The van der Waals surface area contributed by atoms with Gasteiger partial charge in [0.25, 0.3) is 0 Å². The van der Waals surface area contributed by atoms with E-state index in [0.29, 0.717) is 18.6 Å². The Labute approximate surface area is 118 Å². The zero-order valence-electron chi connectivity index (χ0n) is 12.8. The average Bonchev–Trinajstić information content (AvgIpc) is 2.34. The summed E-state index contributed by atoms with van der Waals surface area (Å²) >= 11 is 0. The monoisotopic (exact) mass is 260 g/mol. The minimum absolute atomic E-state index is 0.378. The first-order chi connectivity index (χ1) is 9.02. The molecule has 1 aliphatic heterocycles. The molecule has 1 aliphatic rings. The van der Waals surface area contributed by atoms with Gasteiger partial charge in [0.1, 0.15) is 0 Å². The van der Waals surface area contributed by atoms with E-state index in [-0.39, 0.29) is 0 Å². The fourth-order valence-electron chi connectivity index (χ4n) is 3.53. The molecule has 1 heterocycles. The molecule has 106 valence electrons. The van der Waals surface area contributed by atoms with Crippen molar-refractivity contribution in [3.63, 3.8) is 0 Å². The van der Waals surface area contributed by atoms with Crippen LogP contribution in [0.3, 0.4) is 0 Å². The highest BCUT2D eigenvalue weighted by molar-refractivity contribution is 5.33. The SMILES string of the molecule is Cc1ccc(C(CN)N2CCC(C)CC2C)c(C)c1. The highest BCUT2D eigenvalue weighted by Crippen LogP contribution is 2.31. The van der Waals surface area contributed by atoms with Crippen LogP contribution in [0.15, 0.2) is 18.2 Å². The van der Waals surface area contributed by atoms with Crippen LogP contribution in [0.2, 0.25) is 0 Å². The number of likely N-dealkylation sites (tertiary alicyclic amines) is 1. The van der Waals surface area contributed by atoms with Gasteiger partial charge in [-0.1, -0.05) is 30.7 Å². The van der Waals surface area contributed by atoms with Crippen molar-refractivity contribution in [2.24, 2.45) is 11.7 Å². The molecule has 1 aromatic carbocycles. The van der Waals surface area contributed by atoms with E-state index >= 15 is 0 Å². The van der Waals surface area contributed by atoms with Crippen molar-refractivity contribution < 1.29 is 0 Å². The lowest BCUT2D eigenvalue weighted by atomic mass is 9.89. The third kappa shape index (κ3) is 3.18. The molecule has 3 unspecified atom stereocenters. The highest BCUT2D eigenvalue weighted by Gasteiger charge is 2.29. The number of hydrogen-bond acceptors (Lipinski definition) is 2. The first-order valence-electron chi connectivity index (χ1n) is 7.56. The van der Waals surface area contributed by atoms with Crippen LogP contribution in [0.1, 0.15) is 49.4 Å². The van der Waals surface area contributed by atoms with E-state index in [1.807, 2.05) is 0 Å². The van der Waals surface area contributed by atoms with Crippen LogP contribution in [0.25, 0.3) is 0 Å². The largest absolute Gasteiger partial charge is 0.329 e. The van der Waals surface area contributed by atoms with Crippen LogP contribution in [0, 0.1) is 19.8 Å². The van der Waals surface area contributed by atoms with Crippen molar-refractivity contribution in [1.29, 1.82) is 0 Å². The molecule has 0 radical (unpaired) electrons. The number of piperidine rings is 1. The van der Waals surface area contributed by atoms with Gasteiger partial charge in [-0.05, 0) is 57.2 Å². The van der Waals surface area contributed by atoms with Crippen molar-refractivity contribution in [2.45, 2.75) is 52.6 Å². The maximum absolute atomic E-state index is 6.10. The van der Waals surface area contributed by atoms with Crippen molar-refractivity contribution in [2.75, 3.05) is 13.1 Å². The minimum Gasteiger partial charge on any atom is -0.329 e. The average molecular weight is 260 g/mol. The second-order valence-electron chi connectivity index (χ2n) is 6.33. The van der Waals surface area contributed by atoms with Gasteiger partial charge >= 0.3 is 0 Å². The molecule has 2 nitrogen and oxygen atoms in total. The molecule has 3 atom stereocenters. The molecule has 2 heteroatoms. The van der Waals surface area contributed by atoms with Crippen LogP contribution in [0.5, 0.6) is 0 Å². The van der Waals surface area contributed by atoms with E-state index in [1.165, 1.54) is 36.1 Å². The third-order valence-electron chi connectivity index (χ3n) is 4.60. The van der Waals surface area contributed by atoms with Crippen LogP contribution in [-0.2, 0) is 0 Å². The molecule has 0 saturated carbocycles.